The topological polar surface area (TPSA) is 29.5 Å². The molecular weight excluding hydrogens is 226 g/mol. The van der Waals surface area contributed by atoms with Gasteiger partial charge < -0.3 is 9.64 Å². The quantitative estimate of drug-likeness (QED) is 0.708. The van der Waals surface area contributed by atoms with Gasteiger partial charge in [-0.1, -0.05) is 30.8 Å². The van der Waals surface area contributed by atoms with E-state index in [-0.39, 0.29) is 11.5 Å². The van der Waals surface area contributed by atoms with Crippen molar-refractivity contribution in [1.29, 1.82) is 0 Å². The Morgan fingerprint density at radius 2 is 2.28 bits per heavy atom. The van der Waals surface area contributed by atoms with Crippen molar-refractivity contribution in [2.75, 3.05) is 13.1 Å². The summed E-state index contributed by atoms with van der Waals surface area (Å²) in [5, 5.41) is 0. The van der Waals surface area contributed by atoms with Crippen molar-refractivity contribution < 1.29 is 9.53 Å². The number of nitrogens with zero attached hydrogens (tertiary/aromatic N) is 1. The fraction of sp³-hybridized carbons (Fsp3) is 0.400. The van der Waals surface area contributed by atoms with E-state index in [4.69, 9.17) is 4.74 Å². The van der Waals surface area contributed by atoms with Crippen LogP contribution in [0.4, 0.5) is 0 Å². The number of ether oxygens (including phenoxy) is 1. The number of carbonyl (C=O) groups is 1. The number of likely N-dealkylation sites (tertiary alicyclic amines) is 1. The summed E-state index contributed by atoms with van der Waals surface area (Å²) in [6.45, 7) is 5.67. The van der Waals surface area contributed by atoms with Crippen molar-refractivity contribution in [2.45, 2.75) is 25.0 Å². The van der Waals surface area contributed by atoms with Gasteiger partial charge in [0, 0.05) is 6.54 Å². The fourth-order valence-electron chi connectivity index (χ4n) is 3.06. The summed E-state index contributed by atoms with van der Waals surface area (Å²) < 4.78 is 6.05. The van der Waals surface area contributed by atoms with Crippen LogP contribution in [0.5, 0.6) is 0 Å². The van der Waals surface area contributed by atoms with Crippen LogP contribution in [0.25, 0.3) is 0 Å². The third kappa shape index (κ3) is 1.66. The van der Waals surface area contributed by atoms with E-state index in [0.29, 0.717) is 13.2 Å². The molecule has 18 heavy (non-hydrogen) atoms. The molecule has 1 amide bonds. The van der Waals surface area contributed by atoms with Gasteiger partial charge in [0.05, 0.1) is 13.2 Å². The molecule has 3 heteroatoms. The molecule has 2 heterocycles. The predicted molar refractivity (Wildman–Crippen MR) is 68.9 cm³/mol. The summed E-state index contributed by atoms with van der Waals surface area (Å²) in [5.74, 6) is 0.00190. The molecule has 0 aliphatic carbocycles. The van der Waals surface area contributed by atoms with Crippen molar-refractivity contribution in [3.63, 3.8) is 0 Å². The van der Waals surface area contributed by atoms with E-state index in [1.807, 2.05) is 17.0 Å². The highest BCUT2D eigenvalue weighted by Gasteiger charge is 2.43. The number of carbonyl (C=O) groups excluding carboxylic acids is 1. The van der Waals surface area contributed by atoms with Crippen LogP contribution in [0.2, 0.25) is 0 Å². The SMILES string of the molecule is C=CC(=O)N1CCC[C@]2(C1)OCc1ccccc12. The van der Waals surface area contributed by atoms with Gasteiger partial charge in [0.1, 0.15) is 5.60 Å². The number of rotatable bonds is 1. The Morgan fingerprint density at radius 3 is 3.11 bits per heavy atom. The molecule has 3 nitrogen and oxygen atoms in total. The third-order valence-electron chi connectivity index (χ3n) is 3.95. The largest absolute Gasteiger partial charge is 0.364 e. The second kappa shape index (κ2) is 4.25. The molecule has 0 aromatic heterocycles. The van der Waals surface area contributed by atoms with Crippen LogP contribution in [0.3, 0.4) is 0 Å². The summed E-state index contributed by atoms with van der Waals surface area (Å²) in [6.07, 6.45) is 3.36. The number of fused-ring (bicyclic) bond motifs is 2. The summed E-state index contributed by atoms with van der Waals surface area (Å²) in [6, 6.07) is 8.32. The fourth-order valence-corrected chi connectivity index (χ4v) is 3.06. The first-order valence-electron chi connectivity index (χ1n) is 6.39. The first kappa shape index (κ1) is 11.5. The van der Waals surface area contributed by atoms with E-state index in [9.17, 15) is 4.79 Å². The second-order valence-corrected chi connectivity index (χ2v) is 5.01. The minimum atomic E-state index is -0.284. The van der Waals surface area contributed by atoms with E-state index < -0.39 is 0 Å². The highest BCUT2D eigenvalue weighted by atomic mass is 16.5. The lowest BCUT2D eigenvalue weighted by atomic mass is 9.85. The van der Waals surface area contributed by atoms with Crippen molar-refractivity contribution in [1.82, 2.24) is 4.90 Å². The Balaban J connectivity index is 1.92. The monoisotopic (exact) mass is 243 g/mol. The Morgan fingerprint density at radius 1 is 1.44 bits per heavy atom. The Kier molecular flexibility index (Phi) is 2.71. The highest BCUT2D eigenvalue weighted by Crippen LogP contribution is 2.42. The zero-order valence-electron chi connectivity index (χ0n) is 10.4. The summed E-state index contributed by atoms with van der Waals surface area (Å²) in [4.78, 5) is 13.6. The maximum Gasteiger partial charge on any atom is 0.246 e. The molecule has 3 rings (SSSR count). The Labute approximate surface area is 107 Å². The lowest BCUT2D eigenvalue weighted by Crippen LogP contribution is -2.47. The molecule has 0 N–H and O–H groups in total. The van der Waals surface area contributed by atoms with Crippen molar-refractivity contribution >= 4 is 5.91 Å². The van der Waals surface area contributed by atoms with Gasteiger partial charge in [0.2, 0.25) is 5.91 Å². The maximum atomic E-state index is 11.8. The molecule has 94 valence electrons. The maximum absolute atomic E-state index is 11.8. The molecule has 2 aliphatic rings. The first-order chi connectivity index (χ1) is 8.75. The van der Waals surface area contributed by atoms with Crippen LogP contribution < -0.4 is 0 Å². The molecular formula is C15H17NO2. The number of hydrogen-bond acceptors (Lipinski definition) is 2. The summed E-state index contributed by atoms with van der Waals surface area (Å²) in [7, 11) is 0. The molecule has 0 unspecified atom stereocenters. The van der Waals surface area contributed by atoms with Crippen molar-refractivity contribution in [3.8, 4) is 0 Å². The first-order valence-corrected chi connectivity index (χ1v) is 6.39. The number of amides is 1. The van der Waals surface area contributed by atoms with Gasteiger partial charge in [-0.25, -0.2) is 0 Å². The number of piperidine rings is 1. The molecule has 0 bridgehead atoms. The Hall–Kier alpha value is -1.61. The predicted octanol–water partition coefficient (Wildman–Crippen LogP) is 2.22. The van der Waals surface area contributed by atoms with E-state index in [0.717, 1.165) is 19.4 Å². The summed E-state index contributed by atoms with van der Waals surface area (Å²) in [5.41, 5.74) is 2.23. The number of hydrogen-bond donors (Lipinski definition) is 0. The molecule has 1 spiro atoms. The van der Waals surface area contributed by atoms with Gasteiger partial charge in [-0.3, -0.25) is 4.79 Å². The average Bonchev–Trinajstić information content (AvgIpc) is 2.77. The van der Waals surface area contributed by atoms with E-state index in [1.54, 1.807) is 0 Å². The van der Waals surface area contributed by atoms with Crippen LogP contribution in [0, 0.1) is 0 Å². The van der Waals surface area contributed by atoms with Crippen molar-refractivity contribution in [2.24, 2.45) is 0 Å². The minimum Gasteiger partial charge on any atom is -0.364 e. The second-order valence-electron chi connectivity index (χ2n) is 5.01. The van der Waals surface area contributed by atoms with Crippen LogP contribution in [0.1, 0.15) is 24.0 Å². The van der Waals surface area contributed by atoms with E-state index in [1.165, 1.54) is 17.2 Å². The van der Waals surface area contributed by atoms with Gasteiger partial charge >= 0.3 is 0 Å². The normalized spacial score (nSPS) is 26.1. The highest BCUT2D eigenvalue weighted by molar-refractivity contribution is 5.87. The van der Waals surface area contributed by atoms with Crippen LogP contribution in [0.15, 0.2) is 36.9 Å². The van der Waals surface area contributed by atoms with E-state index in [2.05, 4.69) is 18.7 Å². The minimum absolute atomic E-state index is 0.00190. The lowest BCUT2D eigenvalue weighted by Gasteiger charge is -2.40. The number of benzene rings is 1. The molecule has 0 radical (unpaired) electrons. The molecule has 0 saturated carbocycles. The van der Waals surface area contributed by atoms with Gasteiger partial charge in [-0.15, -0.1) is 0 Å². The van der Waals surface area contributed by atoms with Gasteiger partial charge in [0.25, 0.3) is 0 Å². The van der Waals surface area contributed by atoms with Crippen LogP contribution in [-0.4, -0.2) is 23.9 Å². The molecule has 1 saturated heterocycles. The van der Waals surface area contributed by atoms with Crippen LogP contribution >= 0.6 is 0 Å². The van der Waals surface area contributed by atoms with Crippen LogP contribution in [-0.2, 0) is 21.7 Å². The van der Waals surface area contributed by atoms with Gasteiger partial charge in [0.15, 0.2) is 0 Å². The lowest BCUT2D eigenvalue weighted by molar-refractivity contribution is -0.137. The van der Waals surface area contributed by atoms with Gasteiger partial charge in [-0.05, 0) is 30.0 Å². The molecule has 1 aromatic rings. The Bertz CT molecular complexity index is 493. The molecule has 2 aliphatic heterocycles. The van der Waals surface area contributed by atoms with E-state index >= 15 is 0 Å². The molecule has 1 fully saturated rings. The third-order valence-corrected chi connectivity index (χ3v) is 3.95. The standard InChI is InChI=1S/C15H17NO2/c1-2-14(17)16-9-5-8-15(11-16)13-7-4-3-6-12(13)10-18-15/h2-4,6-7H,1,5,8-11H2/t15-/m1/s1. The average molecular weight is 243 g/mol. The smallest absolute Gasteiger partial charge is 0.246 e. The zero-order valence-corrected chi connectivity index (χ0v) is 10.4. The zero-order chi connectivity index (χ0) is 12.6. The summed E-state index contributed by atoms with van der Waals surface area (Å²) >= 11 is 0. The molecule has 1 atom stereocenters. The molecule has 1 aromatic carbocycles. The van der Waals surface area contributed by atoms with Crippen molar-refractivity contribution in [3.05, 3.63) is 48.0 Å². The van der Waals surface area contributed by atoms with Gasteiger partial charge in [-0.2, -0.15) is 0 Å².